The van der Waals surface area contributed by atoms with Gasteiger partial charge in [-0.2, -0.15) is 0 Å². The average Bonchev–Trinajstić information content (AvgIpc) is 2.50. The van der Waals surface area contributed by atoms with E-state index in [4.69, 9.17) is 16.3 Å². The third-order valence-corrected chi connectivity index (χ3v) is 3.24. The van der Waals surface area contributed by atoms with E-state index in [1.807, 2.05) is 24.3 Å². The smallest absolute Gasteiger partial charge is 0.246 e. The summed E-state index contributed by atoms with van der Waals surface area (Å²) in [6.07, 6.45) is 0. The van der Waals surface area contributed by atoms with Gasteiger partial charge in [-0.05, 0) is 43.3 Å². The van der Waals surface area contributed by atoms with E-state index in [2.05, 4.69) is 10.6 Å². The van der Waals surface area contributed by atoms with Crippen molar-refractivity contribution in [3.05, 3.63) is 53.6 Å². The van der Waals surface area contributed by atoms with E-state index in [9.17, 15) is 4.79 Å². The van der Waals surface area contributed by atoms with Crippen LogP contribution < -0.4 is 15.4 Å². The van der Waals surface area contributed by atoms with Gasteiger partial charge in [-0.3, -0.25) is 4.79 Å². The summed E-state index contributed by atoms with van der Waals surface area (Å²) in [6, 6.07) is 14.1. The Morgan fingerprint density at radius 3 is 2.48 bits per heavy atom. The van der Waals surface area contributed by atoms with Crippen molar-refractivity contribution in [3.8, 4) is 5.75 Å². The van der Waals surface area contributed by atoms with Crippen molar-refractivity contribution in [2.24, 2.45) is 0 Å². The van der Waals surface area contributed by atoms with Crippen molar-refractivity contribution in [2.75, 3.05) is 17.7 Å². The van der Waals surface area contributed by atoms with E-state index < -0.39 is 6.04 Å². The van der Waals surface area contributed by atoms with Gasteiger partial charge in [0.2, 0.25) is 5.91 Å². The maximum Gasteiger partial charge on any atom is 0.246 e. The standard InChI is InChI=1S/C16H17ClN2O2/c1-11(18-13-9-7-12(17)8-10-13)16(20)19-14-5-3-4-6-15(14)21-2/h3-11,18H,1-2H3,(H,19,20). The molecule has 2 rings (SSSR count). The zero-order chi connectivity index (χ0) is 15.2. The van der Waals surface area contributed by atoms with Gasteiger partial charge in [0.05, 0.1) is 12.8 Å². The number of carbonyl (C=O) groups is 1. The minimum atomic E-state index is -0.393. The van der Waals surface area contributed by atoms with Crippen molar-refractivity contribution in [3.63, 3.8) is 0 Å². The van der Waals surface area contributed by atoms with E-state index >= 15 is 0 Å². The van der Waals surface area contributed by atoms with Crippen molar-refractivity contribution in [1.82, 2.24) is 0 Å². The topological polar surface area (TPSA) is 50.4 Å². The molecule has 2 N–H and O–H groups in total. The molecule has 2 aromatic rings. The Morgan fingerprint density at radius 1 is 1.14 bits per heavy atom. The molecule has 0 saturated heterocycles. The number of hydrogen-bond acceptors (Lipinski definition) is 3. The fourth-order valence-corrected chi connectivity index (χ4v) is 1.98. The molecule has 21 heavy (non-hydrogen) atoms. The molecule has 1 atom stereocenters. The molecule has 0 aliphatic rings. The SMILES string of the molecule is COc1ccccc1NC(=O)C(C)Nc1ccc(Cl)cc1. The molecule has 110 valence electrons. The van der Waals surface area contributed by atoms with Gasteiger partial charge in [0.25, 0.3) is 0 Å². The van der Waals surface area contributed by atoms with E-state index in [1.165, 1.54) is 0 Å². The third-order valence-electron chi connectivity index (χ3n) is 2.99. The maximum atomic E-state index is 12.2. The molecule has 0 aliphatic carbocycles. The highest BCUT2D eigenvalue weighted by Crippen LogP contribution is 2.23. The number of methoxy groups -OCH3 is 1. The molecule has 0 bridgehead atoms. The highest BCUT2D eigenvalue weighted by molar-refractivity contribution is 6.30. The minimum Gasteiger partial charge on any atom is -0.495 e. The van der Waals surface area contributed by atoms with Crippen molar-refractivity contribution in [2.45, 2.75) is 13.0 Å². The fourth-order valence-electron chi connectivity index (χ4n) is 1.85. The van der Waals surface area contributed by atoms with Gasteiger partial charge in [-0.25, -0.2) is 0 Å². The van der Waals surface area contributed by atoms with Crippen LogP contribution in [0.25, 0.3) is 0 Å². The number of rotatable bonds is 5. The van der Waals surface area contributed by atoms with Gasteiger partial charge in [0, 0.05) is 10.7 Å². The second kappa shape index (κ2) is 6.99. The summed E-state index contributed by atoms with van der Waals surface area (Å²) in [5.74, 6) is 0.485. The highest BCUT2D eigenvalue weighted by atomic mass is 35.5. The maximum absolute atomic E-state index is 12.2. The van der Waals surface area contributed by atoms with Crippen LogP contribution in [0.2, 0.25) is 5.02 Å². The quantitative estimate of drug-likeness (QED) is 0.883. The molecule has 5 heteroatoms. The van der Waals surface area contributed by atoms with Crippen LogP contribution in [0.15, 0.2) is 48.5 Å². The number of ether oxygens (including phenoxy) is 1. The first-order valence-electron chi connectivity index (χ1n) is 6.56. The summed E-state index contributed by atoms with van der Waals surface area (Å²) in [4.78, 5) is 12.2. The number of para-hydroxylation sites is 2. The third kappa shape index (κ3) is 4.13. The van der Waals surface area contributed by atoms with Crippen LogP contribution in [0.4, 0.5) is 11.4 Å². The zero-order valence-corrected chi connectivity index (χ0v) is 12.6. The molecule has 0 spiro atoms. The normalized spacial score (nSPS) is 11.6. The summed E-state index contributed by atoms with van der Waals surface area (Å²) in [7, 11) is 1.57. The van der Waals surface area contributed by atoms with E-state index in [1.54, 1.807) is 38.3 Å². The summed E-state index contributed by atoms with van der Waals surface area (Å²) in [6.45, 7) is 1.79. The summed E-state index contributed by atoms with van der Waals surface area (Å²) >= 11 is 5.83. The molecule has 0 fully saturated rings. The Kier molecular flexibility index (Phi) is 5.06. The molecule has 0 radical (unpaired) electrons. The van der Waals surface area contributed by atoms with Crippen LogP contribution in [0.5, 0.6) is 5.75 Å². The van der Waals surface area contributed by atoms with Crippen molar-refractivity contribution >= 4 is 28.9 Å². The number of anilines is 2. The van der Waals surface area contributed by atoms with Gasteiger partial charge >= 0.3 is 0 Å². The zero-order valence-electron chi connectivity index (χ0n) is 11.9. The molecule has 1 unspecified atom stereocenters. The van der Waals surface area contributed by atoms with Gasteiger partial charge in [-0.15, -0.1) is 0 Å². The van der Waals surface area contributed by atoms with Crippen molar-refractivity contribution < 1.29 is 9.53 Å². The lowest BCUT2D eigenvalue weighted by atomic mass is 10.2. The lowest BCUT2D eigenvalue weighted by molar-refractivity contribution is -0.116. The number of nitrogens with one attached hydrogen (secondary N) is 2. The monoisotopic (exact) mass is 304 g/mol. The van der Waals surface area contributed by atoms with E-state index in [0.29, 0.717) is 16.5 Å². The Morgan fingerprint density at radius 2 is 1.81 bits per heavy atom. The Labute approximate surface area is 129 Å². The lowest BCUT2D eigenvalue weighted by Gasteiger charge is -2.16. The van der Waals surface area contributed by atoms with Crippen LogP contribution in [0.3, 0.4) is 0 Å². The lowest BCUT2D eigenvalue weighted by Crippen LogP contribution is -2.31. The van der Waals surface area contributed by atoms with Gasteiger partial charge in [0.1, 0.15) is 11.8 Å². The molecule has 4 nitrogen and oxygen atoms in total. The first-order valence-corrected chi connectivity index (χ1v) is 6.94. The largest absolute Gasteiger partial charge is 0.495 e. The number of hydrogen-bond donors (Lipinski definition) is 2. The highest BCUT2D eigenvalue weighted by Gasteiger charge is 2.14. The molecule has 0 aliphatic heterocycles. The molecule has 0 saturated carbocycles. The first-order chi connectivity index (χ1) is 10.1. The Balaban J connectivity index is 2.01. The number of amides is 1. The summed E-state index contributed by atoms with van der Waals surface area (Å²) in [5.41, 5.74) is 1.48. The predicted octanol–water partition coefficient (Wildman–Crippen LogP) is 3.79. The molecule has 0 aromatic heterocycles. The van der Waals surface area contributed by atoms with Gasteiger partial charge in [0.15, 0.2) is 0 Å². The Hall–Kier alpha value is -2.20. The van der Waals surface area contributed by atoms with Crippen LogP contribution in [-0.4, -0.2) is 19.1 Å². The summed E-state index contributed by atoms with van der Waals surface area (Å²) in [5, 5.41) is 6.61. The fraction of sp³-hybridized carbons (Fsp3) is 0.188. The number of benzene rings is 2. The molecule has 0 heterocycles. The van der Waals surface area contributed by atoms with Gasteiger partial charge < -0.3 is 15.4 Å². The predicted molar refractivity (Wildman–Crippen MR) is 86.2 cm³/mol. The van der Waals surface area contributed by atoms with E-state index in [0.717, 1.165) is 5.69 Å². The van der Waals surface area contributed by atoms with Crippen LogP contribution in [-0.2, 0) is 4.79 Å². The van der Waals surface area contributed by atoms with Crippen molar-refractivity contribution in [1.29, 1.82) is 0 Å². The summed E-state index contributed by atoms with van der Waals surface area (Å²) < 4.78 is 5.21. The average molecular weight is 305 g/mol. The molecule has 2 aromatic carbocycles. The molecular formula is C16H17ClN2O2. The second-order valence-corrected chi connectivity index (χ2v) is 5.00. The van der Waals surface area contributed by atoms with Crippen LogP contribution in [0, 0.1) is 0 Å². The molecule has 1 amide bonds. The second-order valence-electron chi connectivity index (χ2n) is 4.56. The number of halogens is 1. The molecular weight excluding hydrogens is 288 g/mol. The van der Waals surface area contributed by atoms with Crippen LogP contribution >= 0.6 is 11.6 Å². The van der Waals surface area contributed by atoms with Crippen LogP contribution in [0.1, 0.15) is 6.92 Å². The van der Waals surface area contributed by atoms with E-state index in [-0.39, 0.29) is 5.91 Å². The minimum absolute atomic E-state index is 0.144. The van der Waals surface area contributed by atoms with Gasteiger partial charge in [-0.1, -0.05) is 23.7 Å². The Bertz CT molecular complexity index is 614. The number of carbonyl (C=O) groups excluding carboxylic acids is 1. The first kappa shape index (κ1) is 15.2.